The molecule has 1 fully saturated rings. The van der Waals surface area contributed by atoms with E-state index in [0.717, 1.165) is 11.1 Å². The number of nitrogens with one attached hydrogen (secondary N) is 2. The summed E-state index contributed by atoms with van der Waals surface area (Å²) in [6.07, 6.45) is -0.334. The molecule has 1 saturated heterocycles. The van der Waals surface area contributed by atoms with Crippen molar-refractivity contribution >= 4 is 69.6 Å². The molecule has 1 aliphatic rings. The third-order valence-electron chi connectivity index (χ3n) is 5.10. The summed E-state index contributed by atoms with van der Waals surface area (Å²) < 4.78 is 13.6. The molecular formula is C24H17Cl2FN4O3S. The largest absolute Gasteiger partial charge is 0.326 e. The number of hydrogen-bond donors (Lipinski definition) is 2. The Morgan fingerprint density at radius 3 is 2.37 bits per heavy atom. The van der Waals surface area contributed by atoms with Crippen LogP contribution in [0, 0.1) is 5.82 Å². The predicted molar refractivity (Wildman–Crippen MR) is 136 cm³/mol. The van der Waals surface area contributed by atoms with Crippen molar-refractivity contribution in [2.24, 2.45) is 0 Å². The number of thiocarbonyl (C=S) groups is 1. The highest BCUT2D eigenvalue weighted by Gasteiger charge is 2.45. The van der Waals surface area contributed by atoms with E-state index in [-0.39, 0.29) is 17.1 Å². The van der Waals surface area contributed by atoms with Gasteiger partial charge in [0, 0.05) is 21.3 Å². The Morgan fingerprint density at radius 1 is 0.971 bits per heavy atom. The van der Waals surface area contributed by atoms with E-state index in [1.54, 1.807) is 48.5 Å². The molecule has 11 heteroatoms. The van der Waals surface area contributed by atoms with Crippen LogP contribution in [-0.2, 0) is 9.59 Å². The van der Waals surface area contributed by atoms with E-state index in [4.69, 9.17) is 35.4 Å². The van der Waals surface area contributed by atoms with Gasteiger partial charge in [-0.05, 0) is 72.9 Å². The molecule has 0 radical (unpaired) electrons. The number of amides is 3. The van der Waals surface area contributed by atoms with Crippen LogP contribution in [0.1, 0.15) is 16.8 Å². The van der Waals surface area contributed by atoms with Crippen molar-refractivity contribution in [1.82, 2.24) is 10.4 Å². The molecule has 2 N–H and O–H groups in total. The smallest absolute Gasteiger partial charge is 0.269 e. The number of benzene rings is 3. The Hall–Kier alpha value is -3.53. The van der Waals surface area contributed by atoms with E-state index >= 15 is 0 Å². The van der Waals surface area contributed by atoms with E-state index in [9.17, 15) is 18.8 Å². The van der Waals surface area contributed by atoms with Crippen molar-refractivity contribution in [2.45, 2.75) is 12.5 Å². The molecule has 0 aromatic heterocycles. The lowest BCUT2D eigenvalue weighted by atomic mass is 10.1. The monoisotopic (exact) mass is 530 g/mol. The lowest BCUT2D eigenvalue weighted by Crippen LogP contribution is -2.49. The highest BCUT2D eigenvalue weighted by molar-refractivity contribution is 7.80. The maximum absolute atomic E-state index is 13.6. The third kappa shape index (κ3) is 5.59. The topological polar surface area (TPSA) is 81.8 Å². The highest BCUT2D eigenvalue weighted by Crippen LogP contribution is 2.28. The fourth-order valence-corrected chi connectivity index (χ4v) is 4.17. The minimum Gasteiger partial charge on any atom is -0.326 e. The van der Waals surface area contributed by atoms with Gasteiger partial charge in [-0.1, -0.05) is 35.3 Å². The van der Waals surface area contributed by atoms with Crippen LogP contribution in [0.15, 0.2) is 72.8 Å². The zero-order valence-electron chi connectivity index (χ0n) is 17.9. The number of anilines is 2. The summed E-state index contributed by atoms with van der Waals surface area (Å²) >= 11 is 17.4. The molecule has 1 atom stereocenters. The molecule has 7 nitrogen and oxygen atoms in total. The van der Waals surface area contributed by atoms with Crippen molar-refractivity contribution in [3.63, 3.8) is 0 Å². The average Bonchev–Trinajstić information content (AvgIpc) is 3.03. The molecule has 0 aliphatic carbocycles. The van der Waals surface area contributed by atoms with Crippen LogP contribution in [-0.4, -0.2) is 33.9 Å². The van der Waals surface area contributed by atoms with Gasteiger partial charge in [-0.15, -0.1) is 0 Å². The van der Waals surface area contributed by atoms with Crippen molar-refractivity contribution in [3.8, 4) is 0 Å². The normalized spacial score (nSPS) is 15.3. The van der Waals surface area contributed by atoms with Crippen LogP contribution >= 0.6 is 35.4 Å². The van der Waals surface area contributed by atoms with Crippen LogP contribution in [0.25, 0.3) is 0 Å². The Labute approximate surface area is 215 Å². The van der Waals surface area contributed by atoms with Crippen molar-refractivity contribution in [3.05, 3.63) is 94.2 Å². The predicted octanol–water partition coefficient (Wildman–Crippen LogP) is 4.81. The summed E-state index contributed by atoms with van der Waals surface area (Å²) in [7, 11) is 0. The number of rotatable bonds is 6. The second-order valence-electron chi connectivity index (χ2n) is 7.53. The van der Waals surface area contributed by atoms with Crippen LogP contribution in [0.5, 0.6) is 0 Å². The highest BCUT2D eigenvalue weighted by atomic mass is 35.5. The summed E-state index contributed by atoms with van der Waals surface area (Å²) in [5.74, 6) is -2.33. The first-order valence-electron chi connectivity index (χ1n) is 10.3. The van der Waals surface area contributed by atoms with Gasteiger partial charge < -0.3 is 5.32 Å². The van der Waals surface area contributed by atoms with Crippen LogP contribution in [0.3, 0.4) is 0 Å². The van der Waals surface area contributed by atoms with Crippen molar-refractivity contribution in [1.29, 1.82) is 0 Å². The van der Waals surface area contributed by atoms with E-state index in [1.165, 1.54) is 23.1 Å². The zero-order chi connectivity index (χ0) is 25.1. The van der Waals surface area contributed by atoms with E-state index in [0.29, 0.717) is 21.4 Å². The SMILES string of the molecule is O=C(CC1C(=O)N(c2ccc(Cl)cc2)C(=S)N1NC(=O)c1cccc(F)c1)Nc1cccc(Cl)c1. The molecule has 178 valence electrons. The average molecular weight is 531 g/mol. The summed E-state index contributed by atoms with van der Waals surface area (Å²) in [5, 5.41) is 4.65. The molecule has 3 aromatic rings. The number of carbonyl (C=O) groups is 3. The van der Waals surface area contributed by atoms with Gasteiger partial charge in [-0.2, -0.15) is 0 Å². The van der Waals surface area contributed by atoms with Gasteiger partial charge in [-0.25, -0.2) is 9.40 Å². The molecule has 1 aliphatic heterocycles. The lowest BCUT2D eigenvalue weighted by molar-refractivity contribution is -0.124. The number of nitrogens with zero attached hydrogens (tertiary/aromatic N) is 2. The van der Waals surface area contributed by atoms with Gasteiger partial charge in [0.15, 0.2) is 0 Å². The molecule has 1 unspecified atom stereocenters. The number of hydrazine groups is 1. The summed E-state index contributed by atoms with van der Waals surface area (Å²) in [6, 6.07) is 16.8. The first kappa shape index (κ1) is 24.6. The Morgan fingerprint density at radius 2 is 1.69 bits per heavy atom. The molecule has 0 spiro atoms. The third-order valence-corrected chi connectivity index (χ3v) is 5.96. The van der Waals surface area contributed by atoms with Gasteiger partial charge in [0.25, 0.3) is 11.8 Å². The van der Waals surface area contributed by atoms with Gasteiger partial charge in [0.2, 0.25) is 11.0 Å². The van der Waals surface area contributed by atoms with Crippen LogP contribution < -0.4 is 15.6 Å². The minimum absolute atomic E-state index is 0.0207. The minimum atomic E-state index is -1.16. The second-order valence-corrected chi connectivity index (χ2v) is 8.77. The maximum atomic E-state index is 13.6. The Kier molecular flexibility index (Phi) is 7.30. The standard InChI is InChI=1S/C24H17Cl2FN4O3S/c25-15-7-9-19(10-8-15)30-23(34)20(13-21(32)28-18-6-2-4-16(26)12-18)31(24(30)35)29-22(33)14-3-1-5-17(27)11-14/h1-12,20H,13H2,(H,28,32)(H,29,33). The molecular weight excluding hydrogens is 514 g/mol. The number of hydrogen-bond acceptors (Lipinski definition) is 4. The fraction of sp³-hybridized carbons (Fsp3) is 0.0833. The molecule has 3 aromatic carbocycles. The summed E-state index contributed by atoms with van der Waals surface area (Å²) in [6.45, 7) is 0. The van der Waals surface area contributed by atoms with Gasteiger partial charge in [0.05, 0.1) is 12.1 Å². The molecule has 4 rings (SSSR count). The number of carbonyl (C=O) groups excluding carboxylic acids is 3. The Balaban J connectivity index is 1.61. The van der Waals surface area contributed by atoms with Gasteiger partial charge >= 0.3 is 0 Å². The van der Waals surface area contributed by atoms with E-state index < -0.39 is 29.6 Å². The fourth-order valence-electron chi connectivity index (χ4n) is 3.48. The molecule has 0 saturated carbocycles. The van der Waals surface area contributed by atoms with Crippen molar-refractivity contribution in [2.75, 3.05) is 10.2 Å². The van der Waals surface area contributed by atoms with Crippen LogP contribution in [0.2, 0.25) is 10.0 Å². The number of halogens is 3. The van der Waals surface area contributed by atoms with Crippen LogP contribution in [0.4, 0.5) is 15.8 Å². The zero-order valence-corrected chi connectivity index (χ0v) is 20.2. The lowest BCUT2D eigenvalue weighted by Gasteiger charge is -2.24. The summed E-state index contributed by atoms with van der Waals surface area (Å²) in [5.41, 5.74) is 3.41. The first-order chi connectivity index (χ1) is 16.7. The van der Waals surface area contributed by atoms with Gasteiger partial charge in [-0.3, -0.25) is 24.7 Å². The second kappa shape index (κ2) is 10.4. The van der Waals surface area contributed by atoms with Gasteiger partial charge in [0.1, 0.15) is 11.9 Å². The quantitative estimate of drug-likeness (QED) is 0.447. The van der Waals surface area contributed by atoms with Crippen molar-refractivity contribution < 1.29 is 18.8 Å². The maximum Gasteiger partial charge on any atom is 0.269 e. The molecule has 35 heavy (non-hydrogen) atoms. The first-order valence-corrected chi connectivity index (χ1v) is 11.4. The summed E-state index contributed by atoms with van der Waals surface area (Å²) in [4.78, 5) is 40.2. The molecule has 0 bridgehead atoms. The van der Waals surface area contributed by atoms with E-state index in [1.807, 2.05) is 0 Å². The van der Waals surface area contributed by atoms with E-state index in [2.05, 4.69) is 10.7 Å². The molecule has 1 heterocycles. The Bertz CT molecular complexity index is 1320. The molecule has 3 amide bonds.